The molecule has 0 amide bonds. The van der Waals surface area contributed by atoms with Gasteiger partial charge in [0.1, 0.15) is 5.75 Å². The predicted octanol–water partition coefficient (Wildman–Crippen LogP) is 4.38. The molecule has 2 aromatic rings. The first-order chi connectivity index (χ1) is 12.1. The zero-order valence-electron chi connectivity index (χ0n) is 15.8. The number of unbranched alkanes of at least 4 members (excludes halogenated alkanes) is 2. The summed E-state index contributed by atoms with van der Waals surface area (Å²) in [6.07, 6.45) is 4.53. The molecule has 2 rings (SSSR count). The van der Waals surface area contributed by atoms with Crippen molar-refractivity contribution in [2.45, 2.75) is 53.4 Å². The van der Waals surface area contributed by atoms with E-state index in [1.165, 1.54) is 23.1 Å². The monoisotopic (exact) mass is 343 g/mol. The van der Waals surface area contributed by atoms with Crippen molar-refractivity contribution in [3.8, 4) is 5.75 Å². The van der Waals surface area contributed by atoms with Crippen LogP contribution in [0.4, 0.5) is 5.69 Å². The number of carbonyl (C=O) groups is 1. The summed E-state index contributed by atoms with van der Waals surface area (Å²) in [5, 5.41) is 7.60. The largest absolute Gasteiger partial charge is 0.494 e. The van der Waals surface area contributed by atoms with Crippen molar-refractivity contribution in [1.82, 2.24) is 9.78 Å². The van der Waals surface area contributed by atoms with Crippen LogP contribution in [0.3, 0.4) is 0 Å². The summed E-state index contributed by atoms with van der Waals surface area (Å²) in [5.41, 5.74) is 4.03. The Morgan fingerprint density at radius 3 is 2.52 bits per heavy atom. The maximum absolute atomic E-state index is 12.5. The van der Waals surface area contributed by atoms with Gasteiger partial charge in [-0.2, -0.15) is 5.10 Å². The van der Waals surface area contributed by atoms with Crippen LogP contribution in [0.25, 0.3) is 0 Å². The maximum Gasteiger partial charge on any atom is 0.266 e. The average molecular weight is 343 g/mol. The topological polar surface area (TPSA) is 56.2 Å². The molecular formula is C20H29N3O2. The Morgan fingerprint density at radius 2 is 1.88 bits per heavy atom. The highest BCUT2D eigenvalue weighted by Crippen LogP contribution is 2.18. The molecular weight excluding hydrogens is 314 g/mol. The van der Waals surface area contributed by atoms with Crippen LogP contribution in [-0.2, 0) is 6.42 Å². The van der Waals surface area contributed by atoms with E-state index in [0.717, 1.165) is 35.7 Å². The van der Waals surface area contributed by atoms with Crippen LogP contribution in [0, 0.1) is 13.8 Å². The Kier molecular flexibility index (Phi) is 7.04. The van der Waals surface area contributed by atoms with Crippen molar-refractivity contribution >= 4 is 11.6 Å². The van der Waals surface area contributed by atoms with Gasteiger partial charge in [-0.3, -0.25) is 4.79 Å². The van der Waals surface area contributed by atoms with E-state index in [1.54, 1.807) is 0 Å². The number of rotatable bonds is 9. The molecule has 136 valence electrons. The highest BCUT2D eigenvalue weighted by atomic mass is 16.5. The fraction of sp³-hybridized carbons (Fsp3) is 0.500. The van der Waals surface area contributed by atoms with Gasteiger partial charge in [0.25, 0.3) is 5.91 Å². The summed E-state index contributed by atoms with van der Waals surface area (Å²) in [6, 6.07) is 7.61. The Balaban J connectivity index is 1.97. The van der Waals surface area contributed by atoms with Crippen molar-refractivity contribution in [1.29, 1.82) is 0 Å². The third-order valence-electron chi connectivity index (χ3n) is 4.32. The molecule has 0 saturated carbocycles. The first kappa shape index (κ1) is 19.0. The molecule has 0 spiro atoms. The van der Waals surface area contributed by atoms with Crippen LogP contribution in [0.5, 0.6) is 5.75 Å². The molecule has 1 aromatic carbocycles. The lowest BCUT2D eigenvalue weighted by molar-refractivity contribution is 0.0910. The summed E-state index contributed by atoms with van der Waals surface area (Å²) in [7, 11) is 0. The van der Waals surface area contributed by atoms with E-state index < -0.39 is 0 Å². The van der Waals surface area contributed by atoms with E-state index in [9.17, 15) is 4.79 Å². The van der Waals surface area contributed by atoms with E-state index in [-0.39, 0.29) is 12.5 Å². The zero-order valence-corrected chi connectivity index (χ0v) is 15.8. The maximum atomic E-state index is 12.5. The van der Waals surface area contributed by atoms with Gasteiger partial charge < -0.3 is 10.1 Å². The number of benzene rings is 1. The normalized spacial score (nSPS) is 10.7. The summed E-state index contributed by atoms with van der Waals surface area (Å²) in [6.45, 7) is 8.97. The fourth-order valence-electron chi connectivity index (χ4n) is 2.92. The first-order valence-corrected chi connectivity index (χ1v) is 9.11. The van der Waals surface area contributed by atoms with Gasteiger partial charge in [0.05, 0.1) is 18.8 Å². The molecule has 0 radical (unpaired) electrons. The summed E-state index contributed by atoms with van der Waals surface area (Å²) in [5.74, 6) is 0.783. The van der Waals surface area contributed by atoms with Gasteiger partial charge >= 0.3 is 0 Å². The molecule has 0 unspecified atom stereocenters. The SMILES string of the molecule is CCCCCc1c(C)nn(C(=O)CNc2ccc(OCC)cc2)c1C. The number of aromatic nitrogens is 2. The lowest BCUT2D eigenvalue weighted by Crippen LogP contribution is -2.23. The lowest BCUT2D eigenvalue weighted by Gasteiger charge is -2.08. The molecule has 5 nitrogen and oxygen atoms in total. The number of hydrogen-bond donors (Lipinski definition) is 1. The molecule has 1 aromatic heterocycles. The van der Waals surface area contributed by atoms with E-state index in [0.29, 0.717) is 6.61 Å². The average Bonchev–Trinajstić information content (AvgIpc) is 2.89. The fourth-order valence-corrected chi connectivity index (χ4v) is 2.92. The third-order valence-corrected chi connectivity index (χ3v) is 4.32. The molecule has 0 aliphatic rings. The molecule has 25 heavy (non-hydrogen) atoms. The summed E-state index contributed by atoms with van der Waals surface area (Å²) in [4.78, 5) is 12.5. The van der Waals surface area contributed by atoms with Gasteiger partial charge in [-0.05, 0) is 63.4 Å². The van der Waals surface area contributed by atoms with Crippen molar-refractivity contribution in [2.75, 3.05) is 18.5 Å². The molecule has 5 heteroatoms. The number of anilines is 1. The van der Waals surface area contributed by atoms with Crippen molar-refractivity contribution in [3.63, 3.8) is 0 Å². The molecule has 1 heterocycles. The predicted molar refractivity (Wildman–Crippen MR) is 102 cm³/mol. The second-order valence-corrected chi connectivity index (χ2v) is 6.22. The number of carbonyl (C=O) groups excluding carboxylic acids is 1. The van der Waals surface area contributed by atoms with Gasteiger partial charge in [-0.25, -0.2) is 4.68 Å². The summed E-state index contributed by atoms with van der Waals surface area (Å²) >= 11 is 0. The molecule has 0 fully saturated rings. The number of ether oxygens (including phenoxy) is 1. The quantitative estimate of drug-likeness (QED) is 0.686. The highest BCUT2D eigenvalue weighted by Gasteiger charge is 2.16. The highest BCUT2D eigenvalue weighted by molar-refractivity contribution is 5.83. The molecule has 0 atom stereocenters. The standard InChI is InChI=1S/C20H29N3O2/c1-5-7-8-9-19-15(3)22-23(16(19)4)20(24)14-21-17-10-12-18(13-11-17)25-6-2/h10-13,21H,5-9,14H2,1-4H3. The molecule has 0 saturated heterocycles. The number of nitrogens with zero attached hydrogens (tertiary/aromatic N) is 2. The lowest BCUT2D eigenvalue weighted by atomic mass is 10.1. The Hall–Kier alpha value is -2.30. The van der Waals surface area contributed by atoms with Crippen molar-refractivity contribution in [2.24, 2.45) is 0 Å². The van der Waals surface area contributed by atoms with E-state index in [1.807, 2.05) is 45.0 Å². The van der Waals surface area contributed by atoms with Gasteiger partial charge in [-0.15, -0.1) is 0 Å². The first-order valence-electron chi connectivity index (χ1n) is 9.11. The Bertz CT molecular complexity index is 690. The van der Waals surface area contributed by atoms with Crippen molar-refractivity contribution < 1.29 is 9.53 Å². The van der Waals surface area contributed by atoms with Crippen LogP contribution < -0.4 is 10.1 Å². The second kappa shape index (κ2) is 9.25. The smallest absolute Gasteiger partial charge is 0.266 e. The van der Waals surface area contributed by atoms with Crippen LogP contribution in [0.15, 0.2) is 24.3 Å². The van der Waals surface area contributed by atoms with Gasteiger partial charge in [0, 0.05) is 11.4 Å². The minimum Gasteiger partial charge on any atom is -0.494 e. The number of hydrogen-bond acceptors (Lipinski definition) is 4. The summed E-state index contributed by atoms with van der Waals surface area (Å²) < 4.78 is 6.96. The van der Waals surface area contributed by atoms with Crippen LogP contribution >= 0.6 is 0 Å². The second-order valence-electron chi connectivity index (χ2n) is 6.22. The Morgan fingerprint density at radius 1 is 1.16 bits per heavy atom. The molecule has 0 bridgehead atoms. The van der Waals surface area contributed by atoms with Gasteiger partial charge in [0.15, 0.2) is 0 Å². The zero-order chi connectivity index (χ0) is 18.2. The number of nitrogens with one attached hydrogen (secondary N) is 1. The van der Waals surface area contributed by atoms with Crippen LogP contribution in [0.2, 0.25) is 0 Å². The van der Waals surface area contributed by atoms with E-state index in [4.69, 9.17) is 4.74 Å². The van der Waals surface area contributed by atoms with E-state index in [2.05, 4.69) is 17.3 Å². The van der Waals surface area contributed by atoms with Crippen LogP contribution in [0.1, 0.15) is 54.9 Å². The number of aryl methyl sites for hydroxylation is 1. The molecule has 0 aliphatic carbocycles. The van der Waals surface area contributed by atoms with E-state index >= 15 is 0 Å². The molecule has 0 aliphatic heterocycles. The van der Waals surface area contributed by atoms with Crippen LogP contribution in [-0.4, -0.2) is 28.8 Å². The Labute approximate surface area is 150 Å². The van der Waals surface area contributed by atoms with Gasteiger partial charge in [-0.1, -0.05) is 19.8 Å². The molecule has 1 N–H and O–H groups in total. The van der Waals surface area contributed by atoms with Gasteiger partial charge in [0.2, 0.25) is 0 Å². The minimum atomic E-state index is -0.0452. The third kappa shape index (κ3) is 5.08. The van der Waals surface area contributed by atoms with Crippen molar-refractivity contribution in [3.05, 3.63) is 41.2 Å². The minimum absolute atomic E-state index is 0.0452.